The largest absolute Gasteiger partial charge is 0.507 e. The number of fused-ring (bicyclic) bond motifs is 1. The van der Waals surface area contributed by atoms with E-state index in [0.717, 1.165) is 6.07 Å². The van der Waals surface area contributed by atoms with E-state index < -0.39 is 47.9 Å². The molecule has 0 saturated carbocycles. The molecule has 1 saturated heterocycles. The highest BCUT2D eigenvalue weighted by Gasteiger charge is 2.48. The molecule has 0 bridgehead atoms. The van der Waals surface area contributed by atoms with Crippen LogP contribution in [-0.4, -0.2) is 76.4 Å². The molecule has 12 nitrogen and oxygen atoms in total. The van der Waals surface area contributed by atoms with Crippen molar-refractivity contribution < 1.29 is 53.7 Å². The van der Waals surface area contributed by atoms with Crippen LogP contribution in [0.25, 0.3) is 22.3 Å². The Morgan fingerprint density at radius 2 is 1.66 bits per heavy atom. The fraction of sp³-hybridized carbons (Fsp3) is 0.304. The van der Waals surface area contributed by atoms with Crippen LogP contribution in [0.15, 0.2) is 45.6 Å². The Bertz CT molecular complexity index is 1320. The van der Waals surface area contributed by atoms with Crippen LogP contribution in [0.3, 0.4) is 0 Å². The number of hydrogen-bond acceptors (Lipinski definition) is 11. The zero-order chi connectivity index (χ0) is 25.4. The maximum absolute atomic E-state index is 12.7. The third-order valence-corrected chi connectivity index (χ3v) is 5.52. The lowest BCUT2D eigenvalue weighted by Gasteiger charge is -2.38. The number of rotatable bonds is 6. The molecule has 1 aromatic heterocycles. The third kappa shape index (κ3) is 4.47. The third-order valence-electron chi connectivity index (χ3n) is 5.52. The zero-order valence-corrected chi connectivity index (χ0v) is 18.4. The van der Waals surface area contributed by atoms with Gasteiger partial charge in [-0.25, -0.2) is 4.79 Å². The van der Waals surface area contributed by atoms with Crippen molar-refractivity contribution in [2.75, 3.05) is 14.2 Å². The van der Waals surface area contributed by atoms with Crippen molar-refractivity contribution in [3.05, 3.63) is 46.6 Å². The number of benzene rings is 2. The van der Waals surface area contributed by atoms with Gasteiger partial charge in [0.15, 0.2) is 23.0 Å². The molecule has 0 radical (unpaired) electrons. The predicted molar refractivity (Wildman–Crippen MR) is 118 cm³/mol. The minimum atomic E-state index is -1.89. The van der Waals surface area contributed by atoms with Crippen LogP contribution in [0.5, 0.6) is 23.0 Å². The highest BCUT2D eigenvalue weighted by Crippen LogP contribution is 2.35. The van der Waals surface area contributed by atoms with Crippen LogP contribution >= 0.6 is 0 Å². The van der Waals surface area contributed by atoms with E-state index in [1.165, 1.54) is 26.4 Å². The van der Waals surface area contributed by atoms with Gasteiger partial charge >= 0.3 is 5.97 Å². The van der Waals surface area contributed by atoms with Gasteiger partial charge in [-0.1, -0.05) is 0 Å². The molecule has 2 heterocycles. The van der Waals surface area contributed by atoms with E-state index in [-0.39, 0.29) is 22.5 Å². The number of aromatic hydroxyl groups is 1. The summed E-state index contributed by atoms with van der Waals surface area (Å²) in [7, 11) is 2.93. The molecule has 2 aromatic carbocycles. The average Bonchev–Trinajstić information content (AvgIpc) is 2.83. The molecular weight excluding hydrogens is 468 g/mol. The Labute approximate surface area is 197 Å². The topological polar surface area (TPSA) is 185 Å². The molecule has 0 spiro atoms. The summed E-state index contributed by atoms with van der Waals surface area (Å²) in [6.45, 7) is 0. The van der Waals surface area contributed by atoms with Gasteiger partial charge in [-0.2, -0.15) is 0 Å². The molecule has 5 atom stereocenters. The molecule has 3 aromatic rings. The van der Waals surface area contributed by atoms with E-state index in [1.807, 2.05) is 0 Å². The molecule has 1 aliphatic rings. The maximum atomic E-state index is 12.7. The Kier molecular flexibility index (Phi) is 6.54. The SMILES string of the molecule is COc1ccc(-c2cc(=O)c3c(O)cc(O[C@@H]4O[C@H](C(=O)O)[C@H](O)[C@@H](O)[C@H]4O)cc3o2)cc1OC. The van der Waals surface area contributed by atoms with Gasteiger partial charge in [0, 0.05) is 23.8 Å². The Balaban J connectivity index is 1.72. The molecular formula is C23H22O12. The minimum Gasteiger partial charge on any atom is -0.507 e. The second kappa shape index (κ2) is 9.43. The van der Waals surface area contributed by atoms with Crippen LogP contribution in [0, 0.1) is 0 Å². The summed E-state index contributed by atoms with van der Waals surface area (Å²) in [5.74, 6) is -1.26. The van der Waals surface area contributed by atoms with Crippen LogP contribution in [0.4, 0.5) is 0 Å². The quantitative estimate of drug-likeness (QED) is 0.322. The first kappa shape index (κ1) is 24.3. The molecule has 0 amide bonds. The van der Waals surface area contributed by atoms with E-state index in [2.05, 4.69) is 0 Å². The normalized spacial score (nSPS) is 24.2. The van der Waals surface area contributed by atoms with Gasteiger partial charge in [0.1, 0.15) is 46.5 Å². The smallest absolute Gasteiger partial charge is 0.335 e. The van der Waals surface area contributed by atoms with E-state index in [4.69, 9.17) is 23.4 Å². The molecule has 4 rings (SSSR count). The van der Waals surface area contributed by atoms with Crippen molar-refractivity contribution in [1.29, 1.82) is 0 Å². The number of phenolic OH excluding ortho intramolecular Hbond substituents is 1. The zero-order valence-electron chi connectivity index (χ0n) is 18.4. The number of aliphatic hydroxyl groups excluding tert-OH is 3. The lowest BCUT2D eigenvalue weighted by atomic mass is 9.99. The van der Waals surface area contributed by atoms with Crippen molar-refractivity contribution in [2.24, 2.45) is 0 Å². The molecule has 1 fully saturated rings. The van der Waals surface area contributed by atoms with E-state index in [1.54, 1.807) is 18.2 Å². The summed E-state index contributed by atoms with van der Waals surface area (Å²) in [6.07, 6.45) is -9.18. The number of carboxylic acids is 1. The van der Waals surface area contributed by atoms with Crippen LogP contribution in [0.1, 0.15) is 0 Å². The summed E-state index contributed by atoms with van der Waals surface area (Å²) in [5.41, 5.74) is -0.170. The fourth-order valence-corrected chi connectivity index (χ4v) is 3.73. The van der Waals surface area contributed by atoms with Gasteiger partial charge in [-0.3, -0.25) is 4.79 Å². The number of ether oxygens (including phenoxy) is 4. The van der Waals surface area contributed by atoms with Crippen LogP contribution in [-0.2, 0) is 9.53 Å². The number of aliphatic hydroxyl groups is 3. The van der Waals surface area contributed by atoms with E-state index >= 15 is 0 Å². The summed E-state index contributed by atoms with van der Waals surface area (Å²) < 4.78 is 26.8. The molecule has 12 heteroatoms. The summed E-state index contributed by atoms with van der Waals surface area (Å²) in [6, 6.07) is 8.30. The first-order chi connectivity index (χ1) is 16.6. The highest BCUT2D eigenvalue weighted by molar-refractivity contribution is 5.86. The number of hydrogen-bond donors (Lipinski definition) is 5. The van der Waals surface area contributed by atoms with Crippen molar-refractivity contribution in [1.82, 2.24) is 0 Å². The molecule has 0 unspecified atom stereocenters. The van der Waals surface area contributed by atoms with Crippen molar-refractivity contribution in [3.8, 4) is 34.3 Å². The predicted octanol–water partition coefficient (Wildman–Crippen LogP) is 0.454. The number of carbonyl (C=O) groups is 1. The molecule has 186 valence electrons. The highest BCUT2D eigenvalue weighted by atomic mass is 16.7. The molecule has 1 aliphatic heterocycles. The van der Waals surface area contributed by atoms with Gasteiger partial charge in [0.05, 0.1) is 14.2 Å². The first-order valence-electron chi connectivity index (χ1n) is 10.3. The van der Waals surface area contributed by atoms with E-state index in [0.29, 0.717) is 17.1 Å². The van der Waals surface area contributed by atoms with Crippen molar-refractivity contribution in [3.63, 3.8) is 0 Å². The monoisotopic (exact) mass is 490 g/mol. The number of carboxylic acid groups (broad SMARTS) is 1. The van der Waals surface area contributed by atoms with Gasteiger partial charge in [-0.15, -0.1) is 0 Å². The van der Waals surface area contributed by atoms with Crippen LogP contribution in [0.2, 0.25) is 0 Å². The molecule has 5 N–H and O–H groups in total. The maximum Gasteiger partial charge on any atom is 0.335 e. The lowest BCUT2D eigenvalue weighted by molar-refractivity contribution is -0.271. The Hall–Kier alpha value is -3.84. The Morgan fingerprint density at radius 3 is 2.31 bits per heavy atom. The fourth-order valence-electron chi connectivity index (χ4n) is 3.73. The number of aliphatic carboxylic acids is 1. The summed E-state index contributed by atoms with van der Waals surface area (Å²) >= 11 is 0. The number of phenols is 1. The lowest BCUT2D eigenvalue weighted by Crippen LogP contribution is -2.61. The number of methoxy groups -OCH3 is 2. The van der Waals surface area contributed by atoms with Gasteiger partial charge < -0.3 is 48.9 Å². The second-order valence-electron chi connectivity index (χ2n) is 7.71. The Morgan fingerprint density at radius 1 is 0.943 bits per heavy atom. The first-order valence-corrected chi connectivity index (χ1v) is 10.3. The van der Waals surface area contributed by atoms with Crippen molar-refractivity contribution in [2.45, 2.75) is 30.7 Å². The van der Waals surface area contributed by atoms with Gasteiger partial charge in [-0.05, 0) is 18.2 Å². The summed E-state index contributed by atoms with van der Waals surface area (Å²) in [5, 5.41) is 49.4. The molecule has 0 aliphatic carbocycles. The average molecular weight is 490 g/mol. The van der Waals surface area contributed by atoms with Crippen LogP contribution < -0.4 is 19.6 Å². The summed E-state index contributed by atoms with van der Waals surface area (Å²) in [4.78, 5) is 24.0. The standard InChI is InChI=1S/C23H22O12/c1-31-13-4-3-9(5-15(13)32-2)14-8-12(25)17-11(24)6-10(7-16(17)34-14)33-23-20(28)18(26)19(27)21(35-23)22(29)30/h3-8,18-21,23-24,26-28H,1-2H3,(H,29,30)/t18-,19-,20-,21+,23-/m1/s1. The second-order valence-corrected chi connectivity index (χ2v) is 7.71. The molecule has 35 heavy (non-hydrogen) atoms. The van der Waals surface area contributed by atoms with E-state index in [9.17, 15) is 35.1 Å². The van der Waals surface area contributed by atoms with Gasteiger partial charge in [0.2, 0.25) is 6.29 Å². The van der Waals surface area contributed by atoms with Gasteiger partial charge in [0.25, 0.3) is 0 Å². The van der Waals surface area contributed by atoms with Crippen molar-refractivity contribution >= 4 is 16.9 Å². The minimum absolute atomic E-state index is 0.0852.